The molecule has 1 spiro atoms. The molecule has 0 bridgehead atoms. The van der Waals surface area contributed by atoms with Crippen molar-refractivity contribution in [3.8, 4) is 0 Å². The van der Waals surface area contributed by atoms with E-state index in [1.807, 2.05) is 0 Å². The van der Waals surface area contributed by atoms with Crippen molar-refractivity contribution < 1.29 is 0 Å². The van der Waals surface area contributed by atoms with E-state index in [4.69, 9.17) is 0 Å². The molecule has 0 amide bonds. The van der Waals surface area contributed by atoms with Crippen LogP contribution in [0.5, 0.6) is 0 Å². The Morgan fingerprint density at radius 1 is 1.20 bits per heavy atom. The first-order valence-corrected chi connectivity index (χ1v) is 6.53. The first kappa shape index (κ1) is 9.86. The van der Waals surface area contributed by atoms with Gasteiger partial charge in [0.05, 0.1) is 0 Å². The van der Waals surface area contributed by atoms with Gasteiger partial charge in [0.15, 0.2) is 0 Å². The second-order valence-corrected chi connectivity index (χ2v) is 6.01. The molecule has 1 saturated carbocycles. The molecule has 1 atom stereocenters. The summed E-state index contributed by atoms with van der Waals surface area (Å²) in [7, 11) is 0. The second kappa shape index (κ2) is 3.60. The van der Waals surface area contributed by atoms with Crippen molar-refractivity contribution in [3.05, 3.63) is 34.3 Å². The van der Waals surface area contributed by atoms with Crippen LogP contribution in [0.15, 0.2) is 28.7 Å². The fourth-order valence-electron chi connectivity index (χ4n) is 3.03. The Hall–Kier alpha value is -0.340. The van der Waals surface area contributed by atoms with Gasteiger partial charge in [-0.2, -0.15) is 0 Å². The zero-order chi connectivity index (χ0) is 10.3. The predicted octanol–water partition coefficient (Wildman–Crippen LogP) is 3.31. The van der Waals surface area contributed by atoms with Gasteiger partial charge >= 0.3 is 0 Å². The molecule has 1 nitrogen and oxygen atoms in total. The minimum Gasteiger partial charge on any atom is -0.316 e. The summed E-state index contributed by atoms with van der Waals surface area (Å²) in [5, 5.41) is 3.42. The van der Waals surface area contributed by atoms with Crippen molar-refractivity contribution >= 4 is 15.9 Å². The molecule has 1 saturated heterocycles. The van der Waals surface area contributed by atoms with E-state index in [0.717, 1.165) is 5.92 Å². The molecule has 1 aromatic rings. The SMILES string of the molecule is Brc1ccc(C2CCC3(CNC3)C2)cc1. The standard InChI is InChI=1S/C13H16BrN/c14-12-3-1-10(2-4-12)11-5-6-13(7-11)8-15-9-13/h1-4,11,15H,5-9H2. The molecule has 1 aliphatic heterocycles. The van der Waals surface area contributed by atoms with E-state index < -0.39 is 0 Å². The fraction of sp³-hybridized carbons (Fsp3) is 0.538. The van der Waals surface area contributed by atoms with Gasteiger partial charge in [0.25, 0.3) is 0 Å². The molecule has 1 aliphatic carbocycles. The highest BCUT2D eigenvalue weighted by Gasteiger charge is 2.43. The molecular weight excluding hydrogens is 250 g/mol. The largest absolute Gasteiger partial charge is 0.316 e. The van der Waals surface area contributed by atoms with Crippen LogP contribution in [0.2, 0.25) is 0 Å². The third kappa shape index (κ3) is 1.74. The fourth-order valence-corrected chi connectivity index (χ4v) is 3.29. The van der Waals surface area contributed by atoms with E-state index in [9.17, 15) is 0 Å². The molecular formula is C13H16BrN. The molecule has 0 radical (unpaired) electrons. The molecule has 80 valence electrons. The summed E-state index contributed by atoms with van der Waals surface area (Å²) >= 11 is 3.49. The number of nitrogens with one attached hydrogen (secondary N) is 1. The smallest absolute Gasteiger partial charge is 0.0175 e. The normalized spacial score (nSPS) is 27.9. The van der Waals surface area contributed by atoms with Gasteiger partial charge in [-0.05, 0) is 48.3 Å². The molecule has 1 N–H and O–H groups in total. The van der Waals surface area contributed by atoms with Gasteiger partial charge < -0.3 is 5.32 Å². The quantitative estimate of drug-likeness (QED) is 0.822. The van der Waals surface area contributed by atoms with E-state index >= 15 is 0 Å². The molecule has 1 aromatic carbocycles. The van der Waals surface area contributed by atoms with Crippen LogP contribution >= 0.6 is 15.9 Å². The number of benzene rings is 1. The molecule has 3 rings (SSSR count). The topological polar surface area (TPSA) is 12.0 Å². The van der Waals surface area contributed by atoms with Crippen molar-refractivity contribution in [2.24, 2.45) is 5.41 Å². The second-order valence-electron chi connectivity index (χ2n) is 5.09. The van der Waals surface area contributed by atoms with Gasteiger partial charge in [-0.25, -0.2) is 0 Å². The molecule has 0 aromatic heterocycles. The van der Waals surface area contributed by atoms with Crippen molar-refractivity contribution in [1.82, 2.24) is 5.32 Å². The molecule has 2 heteroatoms. The Labute approximate surface area is 99.4 Å². The Kier molecular flexibility index (Phi) is 2.37. The van der Waals surface area contributed by atoms with Crippen LogP contribution in [0.3, 0.4) is 0 Å². The van der Waals surface area contributed by atoms with Gasteiger partial charge in [0.2, 0.25) is 0 Å². The van der Waals surface area contributed by atoms with Crippen molar-refractivity contribution in [3.63, 3.8) is 0 Å². The lowest BCUT2D eigenvalue weighted by Crippen LogP contribution is -2.51. The van der Waals surface area contributed by atoms with Gasteiger partial charge in [0, 0.05) is 17.6 Å². The van der Waals surface area contributed by atoms with Crippen LogP contribution in [0.25, 0.3) is 0 Å². The Morgan fingerprint density at radius 3 is 2.47 bits per heavy atom. The zero-order valence-electron chi connectivity index (χ0n) is 8.80. The molecule has 1 unspecified atom stereocenters. The Bertz CT molecular complexity index is 353. The van der Waals surface area contributed by atoms with E-state index in [1.54, 1.807) is 0 Å². The van der Waals surface area contributed by atoms with E-state index in [-0.39, 0.29) is 0 Å². The number of rotatable bonds is 1. The first-order valence-electron chi connectivity index (χ1n) is 5.74. The number of hydrogen-bond acceptors (Lipinski definition) is 1. The van der Waals surface area contributed by atoms with Crippen molar-refractivity contribution in [2.75, 3.05) is 13.1 Å². The predicted molar refractivity (Wildman–Crippen MR) is 66.0 cm³/mol. The van der Waals surface area contributed by atoms with Gasteiger partial charge in [-0.3, -0.25) is 0 Å². The monoisotopic (exact) mass is 265 g/mol. The van der Waals surface area contributed by atoms with Gasteiger partial charge in [-0.15, -0.1) is 0 Å². The maximum atomic E-state index is 3.49. The minimum absolute atomic E-state index is 0.664. The summed E-state index contributed by atoms with van der Waals surface area (Å²) in [6.07, 6.45) is 4.19. The highest BCUT2D eigenvalue weighted by molar-refractivity contribution is 9.10. The highest BCUT2D eigenvalue weighted by Crippen LogP contribution is 2.48. The average molecular weight is 266 g/mol. The van der Waals surface area contributed by atoms with Gasteiger partial charge in [0.1, 0.15) is 0 Å². The lowest BCUT2D eigenvalue weighted by molar-refractivity contribution is 0.175. The van der Waals surface area contributed by atoms with Crippen LogP contribution in [-0.4, -0.2) is 13.1 Å². The van der Waals surface area contributed by atoms with Crippen molar-refractivity contribution in [1.29, 1.82) is 0 Å². The summed E-state index contributed by atoms with van der Waals surface area (Å²) in [6.45, 7) is 2.50. The summed E-state index contributed by atoms with van der Waals surface area (Å²) in [6, 6.07) is 8.89. The highest BCUT2D eigenvalue weighted by atomic mass is 79.9. The Balaban J connectivity index is 1.76. The third-order valence-electron chi connectivity index (χ3n) is 4.04. The maximum Gasteiger partial charge on any atom is 0.0175 e. The molecule has 2 fully saturated rings. The lowest BCUT2D eigenvalue weighted by Gasteiger charge is -2.39. The molecule has 15 heavy (non-hydrogen) atoms. The summed E-state index contributed by atoms with van der Waals surface area (Å²) < 4.78 is 1.18. The lowest BCUT2D eigenvalue weighted by atomic mass is 9.79. The number of halogens is 1. The third-order valence-corrected chi connectivity index (χ3v) is 4.57. The number of hydrogen-bond donors (Lipinski definition) is 1. The maximum absolute atomic E-state index is 3.49. The van der Waals surface area contributed by atoms with Crippen LogP contribution in [0.4, 0.5) is 0 Å². The zero-order valence-corrected chi connectivity index (χ0v) is 10.4. The van der Waals surface area contributed by atoms with E-state index in [2.05, 4.69) is 45.5 Å². The minimum atomic E-state index is 0.664. The van der Waals surface area contributed by atoms with Crippen molar-refractivity contribution in [2.45, 2.75) is 25.2 Å². The Morgan fingerprint density at radius 2 is 1.93 bits per heavy atom. The van der Waals surface area contributed by atoms with Gasteiger partial charge in [-0.1, -0.05) is 28.1 Å². The summed E-state index contributed by atoms with van der Waals surface area (Å²) in [5.41, 5.74) is 2.19. The molecule has 2 aliphatic rings. The van der Waals surface area contributed by atoms with Crippen LogP contribution in [0, 0.1) is 5.41 Å². The average Bonchev–Trinajstić information content (AvgIpc) is 2.63. The van der Waals surface area contributed by atoms with Crippen LogP contribution in [-0.2, 0) is 0 Å². The van der Waals surface area contributed by atoms with Crippen LogP contribution in [0.1, 0.15) is 30.7 Å². The molecule has 1 heterocycles. The summed E-state index contributed by atoms with van der Waals surface area (Å²) in [5.74, 6) is 0.806. The van der Waals surface area contributed by atoms with E-state index in [0.29, 0.717) is 5.41 Å². The van der Waals surface area contributed by atoms with E-state index in [1.165, 1.54) is 42.4 Å². The van der Waals surface area contributed by atoms with Crippen LogP contribution < -0.4 is 5.32 Å². The first-order chi connectivity index (χ1) is 7.27. The summed E-state index contributed by atoms with van der Waals surface area (Å²) in [4.78, 5) is 0.